The lowest BCUT2D eigenvalue weighted by molar-refractivity contribution is 0.0842. The first kappa shape index (κ1) is 17.7. The Morgan fingerprint density at radius 3 is 1.64 bits per heavy atom. The van der Waals surface area contributed by atoms with Crippen molar-refractivity contribution in [3.8, 4) is 0 Å². The third-order valence-corrected chi connectivity index (χ3v) is 10.5. The zero-order valence-corrected chi connectivity index (χ0v) is 17.2. The van der Waals surface area contributed by atoms with Crippen LogP contribution in [0.4, 0.5) is 0 Å². The van der Waals surface area contributed by atoms with E-state index in [0.29, 0.717) is 0 Å². The molecule has 1 aliphatic carbocycles. The molecule has 1 saturated carbocycles. The van der Waals surface area contributed by atoms with Gasteiger partial charge in [-0.25, -0.2) is 0 Å². The van der Waals surface area contributed by atoms with Crippen molar-refractivity contribution in [2.24, 2.45) is 0 Å². The van der Waals surface area contributed by atoms with Gasteiger partial charge in [0.05, 0.1) is 5.60 Å². The molecule has 140 valence electrons. The van der Waals surface area contributed by atoms with Gasteiger partial charge in [0.25, 0.3) is 8.32 Å². The van der Waals surface area contributed by atoms with E-state index in [9.17, 15) is 0 Å². The molecular formula is C26H26OSi. The molecule has 1 heterocycles. The minimum absolute atomic E-state index is 0.110. The SMILES string of the molecule is C1=C(c2ccccc2)[Si](c2ccccc2)(c2ccccc2)OC12CCCCC2. The highest BCUT2D eigenvalue weighted by Gasteiger charge is 2.55. The van der Waals surface area contributed by atoms with Crippen molar-refractivity contribution in [1.82, 2.24) is 0 Å². The molecule has 0 bridgehead atoms. The third-order valence-electron chi connectivity index (χ3n) is 6.29. The molecule has 3 aromatic rings. The Bertz CT molecular complexity index is 918. The van der Waals surface area contributed by atoms with Gasteiger partial charge in [-0.3, -0.25) is 0 Å². The summed E-state index contributed by atoms with van der Waals surface area (Å²) in [6.07, 6.45) is 8.63. The molecule has 0 atom stereocenters. The maximum Gasteiger partial charge on any atom is 0.289 e. The largest absolute Gasteiger partial charge is 0.395 e. The second kappa shape index (κ2) is 7.19. The van der Waals surface area contributed by atoms with Crippen molar-refractivity contribution in [3.63, 3.8) is 0 Å². The predicted octanol–water partition coefficient (Wildman–Crippen LogP) is 5.10. The van der Waals surface area contributed by atoms with Crippen LogP contribution in [0.5, 0.6) is 0 Å². The Labute approximate surface area is 168 Å². The first-order valence-electron chi connectivity index (χ1n) is 10.4. The van der Waals surface area contributed by atoms with Crippen LogP contribution in [0.3, 0.4) is 0 Å². The van der Waals surface area contributed by atoms with Gasteiger partial charge < -0.3 is 4.43 Å². The Hall–Kier alpha value is -2.42. The highest BCUT2D eigenvalue weighted by molar-refractivity contribution is 7.11. The van der Waals surface area contributed by atoms with E-state index >= 15 is 0 Å². The predicted molar refractivity (Wildman–Crippen MR) is 119 cm³/mol. The minimum Gasteiger partial charge on any atom is -0.395 e. The molecule has 0 saturated heterocycles. The fourth-order valence-electron chi connectivity index (χ4n) is 5.00. The topological polar surface area (TPSA) is 9.23 Å². The van der Waals surface area contributed by atoms with Gasteiger partial charge in [0.2, 0.25) is 0 Å². The minimum atomic E-state index is -2.55. The first-order valence-corrected chi connectivity index (χ1v) is 12.3. The normalized spacial score (nSPS) is 20.1. The Morgan fingerprint density at radius 2 is 1.11 bits per heavy atom. The summed E-state index contributed by atoms with van der Waals surface area (Å²) in [4.78, 5) is 0. The van der Waals surface area contributed by atoms with Crippen LogP contribution >= 0.6 is 0 Å². The molecule has 0 radical (unpaired) electrons. The molecular weight excluding hydrogens is 356 g/mol. The molecule has 0 unspecified atom stereocenters. The molecule has 1 fully saturated rings. The monoisotopic (exact) mass is 382 g/mol. The number of hydrogen-bond donors (Lipinski definition) is 0. The molecule has 2 heteroatoms. The van der Waals surface area contributed by atoms with Gasteiger partial charge in [-0.1, -0.05) is 116 Å². The van der Waals surface area contributed by atoms with Gasteiger partial charge in [-0.05, 0) is 34.0 Å². The summed E-state index contributed by atoms with van der Waals surface area (Å²) in [7, 11) is -2.55. The number of benzene rings is 3. The Morgan fingerprint density at radius 1 is 0.607 bits per heavy atom. The fourth-order valence-corrected chi connectivity index (χ4v) is 9.53. The van der Waals surface area contributed by atoms with Crippen LogP contribution in [0.2, 0.25) is 0 Å². The van der Waals surface area contributed by atoms with E-state index in [1.807, 2.05) is 0 Å². The van der Waals surface area contributed by atoms with Crippen molar-refractivity contribution in [2.45, 2.75) is 37.7 Å². The summed E-state index contributed by atoms with van der Waals surface area (Å²) < 4.78 is 7.36. The van der Waals surface area contributed by atoms with Gasteiger partial charge in [-0.2, -0.15) is 0 Å². The summed E-state index contributed by atoms with van der Waals surface area (Å²) in [6.45, 7) is 0. The lowest BCUT2D eigenvalue weighted by atomic mass is 9.84. The van der Waals surface area contributed by atoms with Crippen LogP contribution in [0.15, 0.2) is 97.1 Å². The van der Waals surface area contributed by atoms with Crippen molar-refractivity contribution < 1.29 is 4.43 Å². The maximum absolute atomic E-state index is 7.36. The van der Waals surface area contributed by atoms with E-state index in [0.717, 1.165) is 12.8 Å². The molecule has 1 nitrogen and oxygen atoms in total. The van der Waals surface area contributed by atoms with Gasteiger partial charge in [0.15, 0.2) is 0 Å². The highest BCUT2D eigenvalue weighted by Crippen LogP contribution is 2.46. The average molecular weight is 383 g/mol. The smallest absolute Gasteiger partial charge is 0.289 e. The van der Waals surface area contributed by atoms with E-state index in [1.54, 1.807) is 0 Å². The van der Waals surface area contributed by atoms with E-state index < -0.39 is 8.32 Å². The summed E-state index contributed by atoms with van der Waals surface area (Å²) in [5.74, 6) is 0. The molecule has 1 aliphatic heterocycles. The van der Waals surface area contributed by atoms with Gasteiger partial charge in [0.1, 0.15) is 0 Å². The van der Waals surface area contributed by atoms with E-state index in [1.165, 1.54) is 40.4 Å². The van der Waals surface area contributed by atoms with Crippen LogP contribution in [-0.2, 0) is 4.43 Å². The van der Waals surface area contributed by atoms with Crippen LogP contribution < -0.4 is 10.4 Å². The summed E-state index contributed by atoms with van der Waals surface area (Å²) in [5, 5.41) is 4.12. The van der Waals surface area contributed by atoms with Gasteiger partial charge in [-0.15, -0.1) is 0 Å². The molecule has 0 N–H and O–H groups in total. The highest BCUT2D eigenvalue weighted by atomic mass is 28.4. The van der Waals surface area contributed by atoms with Gasteiger partial charge in [0, 0.05) is 0 Å². The number of rotatable bonds is 3. The molecule has 5 rings (SSSR count). The van der Waals surface area contributed by atoms with E-state index in [2.05, 4.69) is 97.1 Å². The summed E-state index contributed by atoms with van der Waals surface area (Å²) >= 11 is 0. The second-order valence-corrected chi connectivity index (χ2v) is 11.3. The maximum atomic E-state index is 7.36. The van der Waals surface area contributed by atoms with E-state index in [4.69, 9.17) is 4.43 Å². The Balaban J connectivity index is 1.78. The van der Waals surface area contributed by atoms with Crippen molar-refractivity contribution in [2.75, 3.05) is 0 Å². The van der Waals surface area contributed by atoms with Crippen molar-refractivity contribution in [1.29, 1.82) is 0 Å². The molecule has 0 aromatic heterocycles. The molecule has 2 aliphatic rings. The zero-order valence-electron chi connectivity index (χ0n) is 16.2. The lowest BCUT2D eigenvalue weighted by Gasteiger charge is -2.38. The molecule has 0 amide bonds. The van der Waals surface area contributed by atoms with Crippen molar-refractivity contribution >= 4 is 23.9 Å². The van der Waals surface area contributed by atoms with Crippen LogP contribution in [0, 0.1) is 0 Å². The van der Waals surface area contributed by atoms with Crippen molar-refractivity contribution in [3.05, 3.63) is 103 Å². The van der Waals surface area contributed by atoms with E-state index in [-0.39, 0.29) is 5.60 Å². The zero-order chi connectivity index (χ0) is 18.9. The third kappa shape index (κ3) is 2.88. The average Bonchev–Trinajstić information content (AvgIpc) is 3.12. The van der Waals surface area contributed by atoms with Gasteiger partial charge >= 0.3 is 0 Å². The Kier molecular flexibility index (Phi) is 4.54. The van der Waals surface area contributed by atoms with Crippen LogP contribution in [0.25, 0.3) is 5.20 Å². The second-order valence-electron chi connectivity index (χ2n) is 8.06. The molecule has 3 aromatic carbocycles. The van der Waals surface area contributed by atoms with Crippen LogP contribution in [0.1, 0.15) is 37.7 Å². The van der Waals surface area contributed by atoms with Crippen LogP contribution in [-0.4, -0.2) is 13.9 Å². The summed E-state index contributed by atoms with van der Waals surface area (Å²) in [5.41, 5.74) is 1.20. The molecule has 28 heavy (non-hydrogen) atoms. The number of hydrogen-bond acceptors (Lipinski definition) is 1. The standard InChI is InChI=1S/C26H26OSi/c1-5-13-22(14-6-1)25-21-26(19-11-4-12-20-26)27-28(25,23-15-7-2-8-16-23)24-17-9-3-10-18-24/h1-3,5-10,13-18,21H,4,11-12,19-20H2. The lowest BCUT2D eigenvalue weighted by Crippen LogP contribution is -2.62. The quantitative estimate of drug-likeness (QED) is 0.573. The molecule has 1 spiro atoms. The first-order chi connectivity index (χ1) is 13.8. The summed E-state index contributed by atoms with van der Waals surface area (Å²) in [6, 6.07) is 32.9. The fraction of sp³-hybridized carbons (Fsp3) is 0.231.